The summed E-state index contributed by atoms with van der Waals surface area (Å²) in [6, 6.07) is 14.7. The largest absolute Gasteiger partial charge is 0.493 e. The van der Waals surface area contributed by atoms with Crippen LogP contribution in [0.4, 0.5) is 11.4 Å². The summed E-state index contributed by atoms with van der Waals surface area (Å²) in [5.74, 6) is 0.0314. The quantitative estimate of drug-likeness (QED) is 0.423. The van der Waals surface area contributed by atoms with E-state index < -0.39 is 17.1 Å². The molecule has 128 valence electrons. The van der Waals surface area contributed by atoms with Gasteiger partial charge in [0.2, 0.25) is 11.6 Å². The Kier molecular flexibility index (Phi) is 3.66. The maximum atomic E-state index is 11.7. The van der Waals surface area contributed by atoms with E-state index in [0.29, 0.717) is 11.5 Å². The highest BCUT2D eigenvalue weighted by Gasteiger charge is 2.08. The standard InChI is InChI=1S/C17H12N6O3/c24-15-13(16(25)21-17(26)20-15)23-22-10-5-3-4-9(8-10)14-18-11-6-1-2-7-12(11)19-14/h1-8H,(H,18,19)(H3,20,21,24,25,26). The van der Waals surface area contributed by atoms with Crippen LogP contribution in [0.25, 0.3) is 22.4 Å². The number of para-hydroxylation sites is 2. The van der Waals surface area contributed by atoms with E-state index in [1.165, 1.54) is 0 Å². The van der Waals surface area contributed by atoms with Gasteiger partial charge in [0.25, 0.3) is 5.56 Å². The number of hydrogen-bond donors (Lipinski definition) is 4. The van der Waals surface area contributed by atoms with Gasteiger partial charge in [0.15, 0.2) is 0 Å². The number of rotatable bonds is 3. The van der Waals surface area contributed by atoms with Crippen molar-refractivity contribution in [2.24, 2.45) is 10.2 Å². The SMILES string of the molecule is O=c1[nH]c(O)c(N=Nc2cccc(-c3nc4ccccc4[nH]3)c2)c(=O)[nH]1. The molecule has 4 rings (SSSR count). The maximum absolute atomic E-state index is 11.7. The Morgan fingerprint density at radius 2 is 1.77 bits per heavy atom. The normalized spacial score (nSPS) is 11.4. The van der Waals surface area contributed by atoms with Gasteiger partial charge in [0.05, 0.1) is 16.7 Å². The van der Waals surface area contributed by atoms with Gasteiger partial charge in [-0.3, -0.25) is 14.8 Å². The molecule has 9 heteroatoms. The average molecular weight is 348 g/mol. The van der Waals surface area contributed by atoms with Crippen molar-refractivity contribution in [1.29, 1.82) is 0 Å². The smallest absolute Gasteiger partial charge is 0.328 e. The summed E-state index contributed by atoms with van der Waals surface area (Å²) in [6.07, 6.45) is 0. The predicted octanol–water partition coefficient (Wildman–Crippen LogP) is 2.73. The van der Waals surface area contributed by atoms with Gasteiger partial charge in [-0.05, 0) is 24.3 Å². The van der Waals surface area contributed by atoms with Crippen molar-refractivity contribution >= 4 is 22.4 Å². The number of azo groups is 1. The molecule has 2 aromatic heterocycles. The van der Waals surface area contributed by atoms with Crippen LogP contribution in [0.3, 0.4) is 0 Å². The summed E-state index contributed by atoms with van der Waals surface area (Å²) in [6.45, 7) is 0. The minimum Gasteiger partial charge on any atom is -0.493 e. The average Bonchev–Trinajstić information content (AvgIpc) is 3.05. The van der Waals surface area contributed by atoms with E-state index in [2.05, 4.69) is 20.2 Å². The zero-order valence-corrected chi connectivity index (χ0v) is 13.2. The maximum Gasteiger partial charge on any atom is 0.328 e. The van der Waals surface area contributed by atoms with Crippen molar-refractivity contribution in [2.45, 2.75) is 0 Å². The van der Waals surface area contributed by atoms with Crippen molar-refractivity contribution in [1.82, 2.24) is 19.9 Å². The molecule has 26 heavy (non-hydrogen) atoms. The second-order valence-corrected chi connectivity index (χ2v) is 5.46. The number of nitrogens with zero attached hydrogens (tertiary/aromatic N) is 3. The van der Waals surface area contributed by atoms with E-state index in [9.17, 15) is 14.7 Å². The molecule has 2 aromatic carbocycles. The van der Waals surface area contributed by atoms with Crippen LogP contribution in [0.5, 0.6) is 5.88 Å². The highest BCUT2D eigenvalue weighted by atomic mass is 16.3. The van der Waals surface area contributed by atoms with Crippen molar-refractivity contribution in [3.8, 4) is 17.3 Å². The molecular weight excluding hydrogens is 336 g/mol. The Labute approximate surface area is 145 Å². The molecule has 0 bridgehead atoms. The summed E-state index contributed by atoms with van der Waals surface area (Å²) in [7, 11) is 0. The molecule has 0 amide bonds. The first kappa shape index (κ1) is 15.5. The molecule has 0 aliphatic heterocycles. The van der Waals surface area contributed by atoms with Crippen molar-refractivity contribution in [2.75, 3.05) is 0 Å². The monoisotopic (exact) mass is 348 g/mol. The number of aromatic amines is 3. The molecule has 0 atom stereocenters. The number of aromatic hydroxyl groups is 1. The minimum absolute atomic E-state index is 0.376. The molecule has 0 saturated carbocycles. The van der Waals surface area contributed by atoms with Gasteiger partial charge >= 0.3 is 5.69 Å². The molecule has 0 aliphatic rings. The van der Waals surface area contributed by atoms with Crippen LogP contribution in [-0.2, 0) is 0 Å². The van der Waals surface area contributed by atoms with E-state index in [1.807, 2.05) is 40.3 Å². The van der Waals surface area contributed by atoms with Crippen molar-refractivity contribution in [3.05, 3.63) is 69.4 Å². The molecule has 0 spiro atoms. The number of fused-ring (bicyclic) bond motifs is 1. The number of benzene rings is 2. The van der Waals surface area contributed by atoms with Crippen LogP contribution < -0.4 is 11.2 Å². The molecule has 4 aromatic rings. The first-order valence-electron chi connectivity index (χ1n) is 7.62. The Morgan fingerprint density at radius 1 is 0.923 bits per heavy atom. The number of nitrogens with one attached hydrogen (secondary N) is 3. The third-order valence-electron chi connectivity index (χ3n) is 3.67. The highest BCUT2D eigenvalue weighted by molar-refractivity contribution is 5.79. The fraction of sp³-hybridized carbons (Fsp3) is 0. The molecule has 0 radical (unpaired) electrons. The van der Waals surface area contributed by atoms with Crippen LogP contribution in [0, 0.1) is 0 Å². The first-order chi connectivity index (χ1) is 12.6. The lowest BCUT2D eigenvalue weighted by Gasteiger charge is -1.99. The van der Waals surface area contributed by atoms with Gasteiger partial charge in [0.1, 0.15) is 5.82 Å². The van der Waals surface area contributed by atoms with Gasteiger partial charge in [-0.25, -0.2) is 9.78 Å². The third kappa shape index (κ3) is 2.88. The predicted molar refractivity (Wildman–Crippen MR) is 95.1 cm³/mol. The summed E-state index contributed by atoms with van der Waals surface area (Å²) in [4.78, 5) is 34.5. The highest BCUT2D eigenvalue weighted by Crippen LogP contribution is 2.26. The van der Waals surface area contributed by atoms with E-state index in [1.54, 1.807) is 18.2 Å². The Bertz CT molecular complexity index is 1220. The van der Waals surface area contributed by atoms with Crippen LogP contribution in [-0.4, -0.2) is 25.0 Å². The van der Waals surface area contributed by atoms with E-state index in [0.717, 1.165) is 16.6 Å². The van der Waals surface area contributed by atoms with Gasteiger partial charge in [-0.2, -0.15) is 5.11 Å². The second kappa shape index (κ2) is 6.13. The Hall–Kier alpha value is -4.01. The Morgan fingerprint density at radius 3 is 2.58 bits per heavy atom. The first-order valence-corrected chi connectivity index (χ1v) is 7.62. The molecule has 0 unspecified atom stereocenters. The lowest BCUT2D eigenvalue weighted by molar-refractivity contribution is 0.450. The summed E-state index contributed by atoms with van der Waals surface area (Å²) in [5, 5.41) is 17.3. The van der Waals surface area contributed by atoms with E-state index in [4.69, 9.17) is 0 Å². The van der Waals surface area contributed by atoms with E-state index in [-0.39, 0.29) is 5.69 Å². The minimum atomic E-state index is -0.830. The number of aromatic nitrogens is 4. The molecule has 0 fully saturated rings. The summed E-state index contributed by atoms with van der Waals surface area (Å²) < 4.78 is 0. The zero-order valence-electron chi connectivity index (χ0n) is 13.2. The second-order valence-electron chi connectivity index (χ2n) is 5.46. The third-order valence-corrected chi connectivity index (χ3v) is 3.67. The van der Waals surface area contributed by atoms with E-state index >= 15 is 0 Å². The molecule has 0 saturated heterocycles. The molecule has 2 heterocycles. The topological polar surface area (TPSA) is 139 Å². The number of imidazole rings is 1. The van der Waals surface area contributed by atoms with Gasteiger partial charge in [0, 0.05) is 5.56 Å². The molecule has 4 N–H and O–H groups in total. The fourth-order valence-corrected chi connectivity index (χ4v) is 2.47. The summed E-state index contributed by atoms with van der Waals surface area (Å²) in [5.41, 5.74) is 0.976. The zero-order chi connectivity index (χ0) is 18.1. The van der Waals surface area contributed by atoms with Crippen molar-refractivity contribution in [3.63, 3.8) is 0 Å². The van der Waals surface area contributed by atoms with Crippen LogP contribution in [0.2, 0.25) is 0 Å². The number of hydrogen-bond acceptors (Lipinski definition) is 6. The van der Waals surface area contributed by atoms with Crippen LogP contribution in [0.1, 0.15) is 0 Å². The molecule has 9 nitrogen and oxygen atoms in total. The van der Waals surface area contributed by atoms with Crippen LogP contribution >= 0.6 is 0 Å². The summed E-state index contributed by atoms with van der Waals surface area (Å²) >= 11 is 0. The lowest BCUT2D eigenvalue weighted by Crippen LogP contribution is -2.20. The van der Waals surface area contributed by atoms with Crippen LogP contribution in [0.15, 0.2) is 68.3 Å². The molecule has 0 aliphatic carbocycles. The molecular formula is C17H12N6O3. The Balaban J connectivity index is 1.70. The van der Waals surface area contributed by atoms with Crippen molar-refractivity contribution < 1.29 is 5.11 Å². The van der Waals surface area contributed by atoms with Gasteiger partial charge in [-0.15, -0.1) is 5.11 Å². The number of H-pyrrole nitrogens is 3. The lowest BCUT2D eigenvalue weighted by atomic mass is 10.2. The fourth-order valence-electron chi connectivity index (χ4n) is 2.47. The van der Waals surface area contributed by atoms with Gasteiger partial charge < -0.3 is 10.1 Å². The van der Waals surface area contributed by atoms with Gasteiger partial charge in [-0.1, -0.05) is 24.3 Å².